The fourth-order valence-corrected chi connectivity index (χ4v) is 3.27. The van der Waals surface area contributed by atoms with Crippen molar-refractivity contribution in [2.45, 2.75) is 6.92 Å². The van der Waals surface area contributed by atoms with E-state index in [0.29, 0.717) is 15.9 Å². The highest BCUT2D eigenvalue weighted by molar-refractivity contribution is 6.34. The summed E-state index contributed by atoms with van der Waals surface area (Å²) in [7, 11) is 0. The molecule has 0 aliphatic rings. The molecule has 0 N–H and O–H groups in total. The van der Waals surface area contributed by atoms with Crippen LogP contribution >= 0.6 is 23.2 Å². The number of hydrogen-bond acceptors (Lipinski definition) is 3. The normalized spacial score (nSPS) is 11.1. The smallest absolute Gasteiger partial charge is 0.170 e. The molecule has 0 unspecified atom stereocenters. The lowest BCUT2D eigenvalue weighted by atomic mass is 9.95. The Balaban J connectivity index is 2.16. The lowest BCUT2D eigenvalue weighted by Gasteiger charge is -2.13. The molecule has 0 atom stereocenters. The molecule has 2 aromatic heterocycles. The molecule has 0 bridgehead atoms. The van der Waals surface area contributed by atoms with E-state index in [-0.39, 0.29) is 0 Å². The number of hydrogen-bond donors (Lipinski definition) is 0. The fourth-order valence-electron chi connectivity index (χ4n) is 2.82. The van der Waals surface area contributed by atoms with E-state index in [4.69, 9.17) is 27.7 Å². The van der Waals surface area contributed by atoms with E-state index in [2.05, 4.69) is 10.1 Å². The standard InChI is InChI=1S/C19H12Cl2N2O/c1-11-9-16(24-23-11)18-17(12-5-3-2-4-6-12)14-10-13(20)7-8-15(14)22-19(18)21/h2-10H,1H3. The molecule has 0 radical (unpaired) electrons. The van der Waals surface area contributed by atoms with E-state index in [0.717, 1.165) is 33.3 Å². The van der Waals surface area contributed by atoms with Crippen molar-refractivity contribution >= 4 is 34.1 Å². The fraction of sp³-hybridized carbons (Fsp3) is 0.0526. The molecule has 0 amide bonds. The molecule has 5 heteroatoms. The number of fused-ring (bicyclic) bond motifs is 1. The van der Waals surface area contributed by atoms with Crippen LogP contribution in [-0.4, -0.2) is 10.1 Å². The monoisotopic (exact) mass is 354 g/mol. The minimum atomic E-state index is 0.375. The van der Waals surface area contributed by atoms with Crippen molar-refractivity contribution in [3.63, 3.8) is 0 Å². The maximum absolute atomic E-state index is 6.51. The molecule has 2 aromatic carbocycles. The van der Waals surface area contributed by atoms with Crippen molar-refractivity contribution in [3.05, 3.63) is 70.5 Å². The van der Waals surface area contributed by atoms with Gasteiger partial charge in [0.2, 0.25) is 0 Å². The molecule has 0 aliphatic heterocycles. The maximum atomic E-state index is 6.51. The Labute approximate surface area is 148 Å². The van der Waals surface area contributed by atoms with Crippen LogP contribution in [-0.2, 0) is 0 Å². The zero-order valence-corrected chi connectivity index (χ0v) is 14.3. The SMILES string of the molecule is Cc1cc(-c2c(Cl)nc3ccc(Cl)cc3c2-c2ccccc2)on1. The summed E-state index contributed by atoms with van der Waals surface area (Å²) >= 11 is 12.7. The lowest BCUT2D eigenvalue weighted by molar-refractivity contribution is 0.427. The second-order valence-corrected chi connectivity index (χ2v) is 6.31. The number of halogens is 2. The van der Waals surface area contributed by atoms with Crippen LogP contribution < -0.4 is 0 Å². The van der Waals surface area contributed by atoms with E-state index in [1.807, 2.05) is 55.5 Å². The van der Waals surface area contributed by atoms with E-state index in [1.54, 1.807) is 6.07 Å². The van der Waals surface area contributed by atoms with Crippen molar-refractivity contribution in [3.8, 4) is 22.5 Å². The number of nitrogens with zero attached hydrogens (tertiary/aromatic N) is 2. The largest absolute Gasteiger partial charge is 0.356 e. The molecule has 2 heterocycles. The van der Waals surface area contributed by atoms with Gasteiger partial charge >= 0.3 is 0 Å². The molecule has 0 saturated carbocycles. The van der Waals surface area contributed by atoms with Crippen molar-refractivity contribution in [2.24, 2.45) is 0 Å². The van der Waals surface area contributed by atoms with E-state index in [1.165, 1.54) is 0 Å². The van der Waals surface area contributed by atoms with Crippen LogP contribution in [0.3, 0.4) is 0 Å². The van der Waals surface area contributed by atoms with Crippen LogP contribution in [0.15, 0.2) is 59.1 Å². The summed E-state index contributed by atoms with van der Waals surface area (Å²) in [6, 6.07) is 17.4. The van der Waals surface area contributed by atoms with Gasteiger partial charge in [-0.3, -0.25) is 0 Å². The molecular formula is C19H12Cl2N2O. The van der Waals surface area contributed by atoms with Gasteiger partial charge in [0.05, 0.1) is 16.8 Å². The lowest BCUT2D eigenvalue weighted by Crippen LogP contribution is -1.92. The first-order valence-electron chi connectivity index (χ1n) is 7.41. The second kappa shape index (κ2) is 5.93. The van der Waals surface area contributed by atoms with Gasteiger partial charge < -0.3 is 4.52 Å². The van der Waals surface area contributed by atoms with Crippen LogP contribution in [0.25, 0.3) is 33.4 Å². The first-order valence-corrected chi connectivity index (χ1v) is 8.17. The number of aromatic nitrogens is 2. The summed E-state index contributed by atoms with van der Waals surface area (Å²) in [5.41, 5.74) is 4.23. The second-order valence-electron chi connectivity index (χ2n) is 5.51. The Bertz CT molecular complexity index is 1040. The Kier molecular flexibility index (Phi) is 3.75. The molecule has 118 valence electrons. The topological polar surface area (TPSA) is 38.9 Å². The molecule has 4 rings (SSSR count). The summed E-state index contributed by atoms with van der Waals surface area (Å²) in [5.74, 6) is 0.589. The van der Waals surface area contributed by atoms with Gasteiger partial charge in [-0.1, -0.05) is 58.7 Å². The third-order valence-electron chi connectivity index (χ3n) is 3.84. The van der Waals surface area contributed by atoms with Crippen LogP contribution in [0.1, 0.15) is 5.69 Å². The number of aryl methyl sites for hydroxylation is 1. The molecule has 4 aromatic rings. The van der Waals surface area contributed by atoms with Gasteiger partial charge in [-0.2, -0.15) is 0 Å². The first kappa shape index (κ1) is 15.2. The number of benzene rings is 2. The molecule has 24 heavy (non-hydrogen) atoms. The van der Waals surface area contributed by atoms with Gasteiger partial charge in [-0.15, -0.1) is 0 Å². The quantitative estimate of drug-likeness (QED) is 0.404. The molecule has 0 spiro atoms. The average Bonchev–Trinajstić information content (AvgIpc) is 3.01. The maximum Gasteiger partial charge on any atom is 0.170 e. The summed E-state index contributed by atoms with van der Waals surface area (Å²) in [6.07, 6.45) is 0. The average molecular weight is 355 g/mol. The molecule has 0 aliphatic carbocycles. The summed E-state index contributed by atoms with van der Waals surface area (Å²) in [5, 5.41) is 5.91. The highest BCUT2D eigenvalue weighted by atomic mass is 35.5. The van der Waals surface area contributed by atoms with E-state index >= 15 is 0 Å². The summed E-state index contributed by atoms with van der Waals surface area (Å²) < 4.78 is 5.47. The zero-order chi connectivity index (χ0) is 16.7. The van der Waals surface area contributed by atoms with Gasteiger partial charge in [0.25, 0.3) is 0 Å². The Hall–Kier alpha value is -2.36. The van der Waals surface area contributed by atoms with Crippen LogP contribution in [0.5, 0.6) is 0 Å². The third-order valence-corrected chi connectivity index (χ3v) is 4.35. The van der Waals surface area contributed by atoms with Crippen molar-refractivity contribution < 1.29 is 4.52 Å². The molecule has 0 fully saturated rings. The molecule has 3 nitrogen and oxygen atoms in total. The van der Waals surface area contributed by atoms with Crippen molar-refractivity contribution in [1.29, 1.82) is 0 Å². The zero-order valence-electron chi connectivity index (χ0n) is 12.8. The Morgan fingerprint density at radius 1 is 0.917 bits per heavy atom. The highest BCUT2D eigenvalue weighted by Gasteiger charge is 2.20. The van der Waals surface area contributed by atoms with E-state index in [9.17, 15) is 0 Å². The van der Waals surface area contributed by atoms with Gasteiger partial charge in [0.1, 0.15) is 5.15 Å². The van der Waals surface area contributed by atoms with Crippen LogP contribution in [0.2, 0.25) is 10.2 Å². The summed E-state index contributed by atoms with van der Waals surface area (Å²) in [4.78, 5) is 4.51. The van der Waals surface area contributed by atoms with E-state index < -0.39 is 0 Å². The minimum absolute atomic E-state index is 0.375. The third kappa shape index (κ3) is 2.56. The van der Waals surface area contributed by atoms with Crippen LogP contribution in [0, 0.1) is 6.92 Å². The Morgan fingerprint density at radius 2 is 1.71 bits per heavy atom. The predicted octanol–water partition coefficient (Wildman–Crippen LogP) is 6.17. The van der Waals surface area contributed by atoms with Crippen LogP contribution in [0.4, 0.5) is 0 Å². The van der Waals surface area contributed by atoms with Gasteiger partial charge in [0, 0.05) is 22.0 Å². The van der Waals surface area contributed by atoms with Crippen molar-refractivity contribution in [1.82, 2.24) is 10.1 Å². The van der Waals surface area contributed by atoms with Gasteiger partial charge in [-0.05, 0) is 30.7 Å². The Morgan fingerprint density at radius 3 is 2.42 bits per heavy atom. The minimum Gasteiger partial charge on any atom is -0.356 e. The summed E-state index contributed by atoms with van der Waals surface area (Å²) in [6.45, 7) is 1.87. The van der Waals surface area contributed by atoms with Gasteiger partial charge in [-0.25, -0.2) is 4.98 Å². The first-order chi connectivity index (χ1) is 11.6. The van der Waals surface area contributed by atoms with Gasteiger partial charge in [0.15, 0.2) is 5.76 Å². The van der Waals surface area contributed by atoms with Crippen molar-refractivity contribution in [2.75, 3.05) is 0 Å². The number of pyridine rings is 1. The predicted molar refractivity (Wildman–Crippen MR) is 97.4 cm³/mol. The number of rotatable bonds is 2. The molecule has 0 saturated heterocycles. The molecular weight excluding hydrogens is 343 g/mol. The highest BCUT2D eigenvalue weighted by Crippen LogP contribution is 2.42.